The van der Waals surface area contributed by atoms with Crippen LogP contribution in [0.3, 0.4) is 0 Å². The van der Waals surface area contributed by atoms with Crippen molar-refractivity contribution >= 4 is 34.8 Å². The van der Waals surface area contributed by atoms with Gasteiger partial charge in [0.25, 0.3) is 5.69 Å². The molecule has 3 rings (SSSR count). The molecule has 0 atom stereocenters. The maximum Gasteiger partial charge on any atom is 0.269 e. The Morgan fingerprint density at radius 3 is 2.62 bits per heavy atom. The summed E-state index contributed by atoms with van der Waals surface area (Å²) in [7, 11) is 0. The van der Waals surface area contributed by atoms with Gasteiger partial charge >= 0.3 is 0 Å². The predicted molar refractivity (Wildman–Crippen MR) is 105 cm³/mol. The molecule has 0 N–H and O–H groups in total. The van der Waals surface area contributed by atoms with Crippen LogP contribution in [0.5, 0.6) is 0 Å². The number of hydrogen-bond acceptors (Lipinski definition) is 5. The highest BCUT2D eigenvalue weighted by Gasteiger charge is 2.10. The Bertz CT molecular complexity index is 1020. The third-order valence-electron chi connectivity index (χ3n) is 3.57. The normalized spacial score (nSPS) is 12.0. The summed E-state index contributed by atoms with van der Waals surface area (Å²) in [6.45, 7) is 2.58. The fraction of sp³-hybridized carbons (Fsp3) is 0.111. The first-order chi connectivity index (χ1) is 12.6. The Balaban J connectivity index is 2.06. The zero-order valence-corrected chi connectivity index (χ0v) is 15.4. The molecule has 2 aromatic carbocycles. The van der Waals surface area contributed by atoms with Gasteiger partial charge in [-0.1, -0.05) is 29.8 Å². The van der Waals surface area contributed by atoms with Crippen molar-refractivity contribution in [2.45, 2.75) is 6.92 Å². The van der Waals surface area contributed by atoms with Gasteiger partial charge in [0.2, 0.25) is 4.80 Å². The number of thiazole rings is 1. The molecule has 0 bridgehead atoms. The van der Waals surface area contributed by atoms with Crippen LogP contribution in [0.25, 0.3) is 11.3 Å². The van der Waals surface area contributed by atoms with Gasteiger partial charge in [-0.2, -0.15) is 5.10 Å². The van der Waals surface area contributed by atoms with E-state index in [1.807, 2.05) is 30.5 Å². The Morgan fingerprint density at radius 2 is 1.96 bits per heavy atom. The van der Waals surface area contributed by atoms with Gasteiger partial charge in [0.15, 0.2) is 0 Å². The largest absolute Gasteiger partial charge is 0.269 e. The van der Waals surface area contributed by atoms with E-state index in [1.54, 1.807) is 29.1 Å². The molecule has 26 heavy (non-hydrogen) atoms. The van der Waals surface area contributed by atoms with Crippen LogP contribution >= 0.6 is 22.9 Å². The van der Waals surface area contributed by atoms with Crippen LogP contribution in [-0.4, -0.2) is 22.4 Å². The van der Waals surface area contributed by atoms with E-state index in [-0.39, 0.29) is 5.69 Å². The molecule has 0 saturated carbocycles. The van der Waals surface area contributed by atoms with Crippen LogP contribution in [0.1, 0.15) is 12.5 Å². The fourth-order valence-corrected chi connectivity index (χ4v) is 3.39. The summed E-state index contributed by atoms with van der Waals surface area (Å²) in [5, 5.41) is 17.9. The molecule has 0 aliphatic carbocycles. The van der Waals surface area contributed by atoms with Gasteiger partial charge in [0.1, 0.15) is 0 Å². The number of nitro benzene ring substituents is 1. The smallest absolute Gasteiger partial charge is 0.258 e. The highest BCUT2D eigenvalue weighted by Crippen LogP contribution is 2.23. The molecule has 0 amide bonds. The minimum atomic E-state index is -0.418. The predicted octanol–water partition coefficient (Wildman–Crippen LogP) is 4.58. The van der Waals surface area contributed by atoms with E-state index in [0.29, 0.717) is 11.6 Å². The number of rotatable bonds is 5. The first kappa shape index (κ1) is 18.0. The summed E-state index contributed by atoms with van der Waals surface area (Å²) >= 11 is 7.65. The van der Waals surface area contributed by atoms with Crippen molar-refractivity contribution in [3.63, 3.8) is 0 Å². The average molecular weight is 387 g/mol. The molecule has 6 nitrogen and oxygen atoms in total. The molecule has 0 spiro atoms. The van der Waals surface area contributed by atoms with Crippen molar-refractivity contribution in [2.75, 3.05) is 6.54 Å². The summed E-state index contributed by atoms with van der Waals surface area (Å²) in [6.07, 6.45) is 1.68. The molecule has 8 heteroatoms. The molecule has 0 aliphatic rings. The quantitative estimate of drug-likeness (QED) is 0.365. The minimum absolute atomic E-state index is 0.0496. The number of hydrogen-bond donors (Lipinski definition) is 0. The maximum absolute atomic E-state index is 10.8. The van der Waals surface area contributed by atoms with Gasteiger partial charge in [-0.15, -0.1) is 11.3 Å². The molecule has 0 unspecified atom stereocenters. The Morgan fingerprint density at radius 1 is 1.23 bits per heavy atom. The second kappa shape index (κ2) is 8.07. The molecule has 132 valence electrons. The lowest BCUT2D eigenvalue weighted by Crippen LogP contribution is -2.12. The van der Waals surface area contributed by atoms with Gasteiger partial charge in [0, 0.05) is 40.2 Å². The van der Waals surface area contributed by atoms with Crippen LogP contribution in [0.2, 0.25) is 5.02 Å². The summed E-state index contributed by atoms with van der Waals surface area (Å²) < 4.78 is 1.72. The van der Waals surface area contributed by atoms with E-state index in [1.165, 1.54) is 23.5 Å². The third kappa shape index (κ3) is 3.89. The topological polar surface area (TPSA) is 72.8 Å². The lowest BCUT2D eigenvalue weighted by Gasteiger charge is -2.04. The molecule has 1 aromatic heterocycles. The van der Waals surface area contributed by atoms with Crippen LogP contribution in [0.4, 0.5) is 5.69 Å². The summed E-state index contributed by atoms with van der Waals surface area (Å²) in [6, 6.07) is 13.8. The van der Waals surface area contributed by atoms with Gasteiger partial charge in [-0.3, -0.25) is 15.1 Å². The van der Waals surface area contributed by atoms with Crippen molar-refractivity contribution in [3.05, 3.63) is 79.4 Å². The number of nitrogens with zero attached hydrogens (tertiary/aromatic N) is 4. The molecular formula is C18H15ClN4O2S. The molecule has 0 fully saturated rings. The SMILES string of the molecule is CCN=c1scc(-c2ccc([N+](=O)[O-])cc2)n1/N=C\c1ccccc1Cl. The van der Waals surface area contributed by atoms with Crippen molar-refractivity contribution in [1.29, 1.82) is 0 Å². The molecule has 3 aromatic rings. The first-order valence-corrected chi connectivity index (χ1v) is 9.10. The average Bonchev–Trinajstić information content (AvgIpc) is 3.04. The highest BCUT2D eigenvalue weighted by molar-refractivity contribution is 7.07. The summed E-state index contributed by atoms with van der Waals surface area (Å²) in [5.41, 5.74) is 2.47. The zero-order valence-electron chi connectivity index (χ0n) is 13.9. The lowest BCUT2D eigenvalue weighted by molar-refractivity contribution is -0.384. The van der Waals surface area contributed by atoms with Crippen LogP contribution in [0.15, 0.2) is 64.0 Å². The molecule has 0 saturated heterocycles. The maximum atomic E-state index is 10.8. The van der Waals surface area contributed by atoms with Crippen molar-refractivity contribution < 1.29 is 4.92 Å². The second-order valence-electron chi connectivity index (χ2n) is 5.26. The second-order valence-corrected chi connectivity index (χ2v) is 6.50. The molecule has 1 heterocycles. The third-order valence-corrected chi connectivity index (χ3v) is 4.77. The van der Waals surface area contributed by atoms with E-state index in [2.05, 4.69) is 10.1 Å². The number of aromatic nitrogens is 1. The van der Waals surface area contributed by atoms with Crippen LogP contribution in [-0.2, 0) is 0 Å². The van der Waals surface area contributed by atoms with Crippen molar-refractivity contribution in [3.8, 4) is 11.3 Å². The van der Waals surface area contributed by atoms with E-state index >= 15 is 0 Å². The van der Waals surface area contributed by atoms with E-state index in [9.17, 15) is 10.1 Å². The Hall–Kier alpha value is -2.77. The van der Waals surface area contributed by atoms with Crippen LogP contribution in [0, 0.1) is 10.1 Å². The van der Waals surface area contributed by atoms with Crippen molar-refractivity contribution in [1.82, 2.24) is 4.68 Å². The number of nitro groups is 1. The molecular weight excluding hydrogens is 372 g/mol. The fourth-order valence-electron chi connectivity index (χ4n) is 2.31. The monoisotopic (exact) mass is 386 g/mol. The van der Waals surface area contributed by atoms with E-state index in [0.717, 1.165) is 21.6 Å². The summed E-state index contributed by atoms with van der Waals surface area (Å²) in [4.78, 5) is 15.6. The molecule has 0 aliphatic heterocycles. The van der Waals surface area contributed by atoms with Gasteiger partial charge in [0.05, 0.1) is 16.8 Å². The van der Waals surface area contributed by atoms with E-state index < -0.39 is 4.92 Å². The zero-order chi connectivity index (χ0) is 18.5. The lowest BCUT2D eigenvalue weighted by atomic mass is 10.1. The highest BCUT2D eigenvalue weighted by atomic mass is 35.5. The van der Waals surface area contributed by atoms with E-state index in [4.69, 9.17) is 11.6 Å². The van der Waals surface area contributed by atoms with Gasteiger partial charge in [-0.25, -0.2) is 4.68 Å². The van der Waals surface area contributed by atoms with Gasteiger partial charge < -0.3 is 0 Å². The van der Waals surface area contributed by atoms with Gasteiger partial charge in [-0.05, 0) is 25.1 Å². The Labute approximate surface area is 158 Å². The van der Waals surface area contributed by atoms with Crippen LogP contribution < -0.4 is 4.80 Å². The first-order valence-electron chi connectivity index (χ1n) is 7.85. The number of benzene rings is 2. The number of non-ortho nitro benzene ring substituents is 1. The number of halogens is 1. The minimum Gasteiger partial charge on any atom is -0.258 e. The van der Waals surface area contributed by atoms with Crippen molar-refractivity contribution in [2.24, 2.45) is 10.1 Å². The molecule has 0 radical (unpaired) electrons. The summed E-state index contributed by atoms with van der Waals surface area (Å²) in [5.74, 6) is 0. The standard InChI is InChI=1S/C18H15ClN4O2S/c1-2-20-18-22(21-11-14-5-3-4-6-16(14)19)17(12-26-18)13-7-9-15(10-8-13)23(24)25/h3-12H,2H2,1H3/b20-18?,21-11-. The Kier molecular flexibility index (Phi) is 5.60.